The number of pyridine rings is 1. The number of thioether (sulfide) groups is 1. The van der Waals surface area contributed by atoms with Crippen LogP contribution in [0.2, 0.25) is 0 Å². The van der Waals surface area contributed by atoms with Crippen molar-refractivity contribution < 1.29 is 23.1 Å². The maximum Gasteiger partial charge on any atom is 0.280 e. The summed E-state index contributed by atoms with van der Waals surface area (Å²) < 4.78 is 32.3. The van der Waals surface area contributed by atoms with Crippen molar-refractivity contribution in [3.8, 4) is 28.7 Å². The Labute approximate surface area is 212 Å². The van der Waals surface area contributed by atoms with Crippen molar-refractivity contribution in [1.29, 1.82) is 0 Å². The number of benzene rings is 1. The molecule has 11 heteroatoms. The Kier molecular flexibility index (Phi) is 7.45. The highest BCUT2D eigenvalue weighted by atomic mass is 32.2. The third-order valence-corrected chi connectivity index (χ3v) is 6.61. The summed E-state index contributed by atoms with van der Waals surface area (Å²) in [5, 5.41) is 8.97. The van der Waals surface area contributed by atoms with E-state index in [2.05, 4.69) is 27.2 Å². The largest absolute Gasteiger partial charge is 0.494 e. The van der Waals surface area contributed by atoms with Crippen molar-refractivity contribution in [3.05, 3.63) is 47.3 Å². The topological polar surface area (TPSA) is 87.1 Å². The summed E-state index contributed by atoms with van der Waals surface area (Å²) in [6.45, 7) is 0. The van der Waals surface area contributed by atoms with Crippen LogP contribution >= 0.6 is 11.8 Å². The van der Waals surface area contributed by atoms with Crippen LogP contribution in [0.5, 0.6) is 5.75 Å². The molecule has 1 fully saturated rings. The number of hydrogen-bond acceptors (Lipinski definition) is 7. The van der Waals surface area contributed by atoms with Gasteiger partial charge < -0.3 is 9.64 Å². The molecule has 0 bridgehead atoms. The van der Waals surface area contributed by atoms with Gasteiger partial charge in [-0.3, -0.25) is 24.9 Å². The minimum atomic E-state index is -2.83. The third kappa shape index (κ3) is 5.60. The fourth-order valence-electron chi connectivity index (χ4n) is 3.47. The number of aromatic nitrogens is 1. The van der Waals surface area contributed by atoms with Crippen LogP contribution in [0.3, 0.4) is 0 Å². The van der Waals surface area contributed by atoms with Gasteiger partial charge in [0, 0.05) is 43.8 Å². The Bertz CT molecular complexity index is 1280. The first-order chi connectivity index (χ1) is 17.2. The Morgan fingerprint density at radius 1 is 1.22 bits per heavy atom. The summed E-state index contributed by atoms with van der Waals surface area (Å²) in [6.07, 6.45) is 0.569. The quantitative estimate of drug-likeness (QED) is 0.612. The van der Waals surface area contributed by atoms with Gasteiger partial charge in [-0.15, -0.1) is 0 Å². The molecular weight excluding hydrogens is 488 g/mol. The molecule has 4 rings (SSSR count). The zero-order chi connectivity index (χ0) is 26.0. The number of methoxy groups -OCH3 is 1. The van der Waals surface area contributed by atoms with Crippen LogP contribution < -0.4 is 10.1 Å². The number of amidine groups is 1. The molecule has 1 unspecified atom stereocenters. The lowest BCUT2D eigenvalue weighted by Crippen LogP contribution is -2.28. The number of nitrogens with one attached hydrogen (secondary N) is 1. The van der Waals surface area contributed by atoms with Crippen molar-refractivity contribution >= 4 is 28.7 Å². The van der Waals surface area contributed by atoms with Gasteiger partial charge in [0.25, 0.3) is 18.2 Å². The van der Waals surface area contributed by atoms with Crippen LogP contribution in [-0.4, -0.2) is 65.5 Å². The number of rotatable bonds is 5. The van der Waals surface area contributed by atoms with E-state index >= 15 is 0 Å². The zero-order valence-electron chi connectivity index (χ0n) is 20.2. The number of hydrazone groups is 1. The Morgan fingerprint density at radius 3 is 2.61 bits per heavy atom. The summed E-state index contributed by atoms with van der Waals surface area (Å²) in [4.78, 5) is 31.1. The summed E-state index contributed by atoms with van der Waals surface area (Å²) in [5.74, 6) is 6.18. The molecular formula is C25H25F2N5O3S. The smallest absolute Gasteiger partial charge is 0.280 e. The van der Waals surface area contributed by atoms with Crippen LogP contribution in [0.15, 0.2) is 35.6 Å². The predicted molar refractivity (Wildman–Crippen MR) is 134 cm³/mol. The third-order valence-electron chi connectivity index (χ3n) is 5.56. The number of ether oxygens (including phenoxy) is 1. The average Bonchev–Trinajstić information content (AvgIpc) is 3.63. The van der Waals surface area contributed by atoms with Gasteiger partial charge in [0.1, 0.15) is 11.4 Å². The van der Waals surface area contributed by atoms with Crippen molar-refractivity contribution in [1.82, 2.24) is 20.2 Å². The van der Waals surface area contributed by atoms with Gasteiger partial charge in [-0.1, -0.05) is 11.8 Å². The lowest BCUT2D eigenvalue weighted by molar-refractivity contribution is 0.0826. The number of amides is 2. The van der Waals surface area contributed by atoms with Gasteiger partial charge in [0.2, 0.25) is 0 Å². The van der Waals surface area contributed by atoms with Crippen molar-refractivity contribution in [2.45, 2.75) is 24.6 Å². The first kappa shape index (κ1) is 25.4. The molecule has 188 valence electrons. The maximum atomic E-state index is 13.5. The molecule has 0 spiro atoms. The van der Waals surface area contributed by atoms with E-state index in [1.807, 2.05) is 0 Å². The van der Waals surface area contributed by atoms with Gasteiger partial charge in [-0.2, -0.15) is 5.10 Å². The monoisotopic (exact) mass is 513 g/mol. The zero-order valence-corrected chi connectivity index (χ0v) is 21.0. The van der Waals surface area contributed by atoms with Crippen LogP contribution in [0.1, 0.15) is 45.7 Å². The lowest BCUT2D eigenvalue weighted by Gasteiger charge is -2.17. The second kappa shape index (κ2) is 10.5. The Hall–Kier alpha value is -3.65. The molecule has 2 aliphatic rings. The van der Waals surface area contributed by atoms with E-state index in [4.69, 9.17) is 4.74 Å². The van der Waals surface area contributed by atoms with Gasteiger partial charge in [-0.25, -0.2) is 8.78 Å². The maximum absolute atomic E-state index is 13.5. The van der Waals surface area contributed by atoms with E-state index in [1.54, 1.807) is 26.2 Å². The molecule has 1 aliphatic heterocycles. The number of hydrogen-bond donors (Lipinski definition) is 1. The van der Waals surface area contributed by atoms with Crippen LogP contribution in [0.25, 0.3) is 11.1 Å². The Balaban J connectivity index is 1.70. The second-order valence-corrected chi connectivity index (χ2v) is 9.61. The van der Waals surface area contributed by atoms with Crippen LogP contribution in [0.4, 0.5) is 8.78 Å². The number of carbonyl (C=O) groups excluding carboxylic acids is 2. The molecule has 1 aromatic carbocycles. The molecule has 8 nitrogen and oxygen atoms in total. The first-order valence-corrected chi connectivity index (χ1v) is 12.0. The average molecular weight is 514 g/mol. The predicted octanol–water partition coefficient (Wildman–Crippen LogP) is 3.82. The minimum absolute atomic E-state index is 0.161. The van der Waals surface area contributed by atoms with Crippen LogP contribution in [0, 0.1) is 17.8 Å². The van der Waals surface area contributed by atoms with E-state index in [9.17, 15) is 18.4 Å². The van der Waals surface area contributed by atoms with Crippen molar-refractivity contribution in [2.24, 2.45) is 11.0 Å². The molecule has 1 aliphatic carbocycles. The summed E-state index contributed by atoms with van der Waals surface area (Å²) >= 11 is 1.31. The molecule has 36 heavy (non-hydrogen) atoms. The molecule has 2 amide bonds. The van der Waals surface area contributed by atoms with E-state index in [1.165, 1.54) is 54.2 Å². The fraction of sp³-hybridized carbons (Fsp3) is 0.360. The lowest BCUT2D eigenvalue weighted by atomic mass is 9.95. The second-order valence-electron chi connectivity index (χ2n) is 8.54. The van der Waals surface area contributed by atoms with Crippen molar-refractivity contribution in [3.63, 3.8) is 0 Å². The molecule has 1 N–H and O–H groups in total. The SMILES string of the molecule is COc1cnc(C(F)F)cc1-c1cc(C(=O)N(C)C)ccc1C(=O)NC1=NN(C)C(C#CC2CC2)S1. The minimum Gasteiger partial charge on any atom is -0.494 e. The molecule has 1 aromatic heterocycles. The van der Waals surface area contributed by atoms with Gasteiger partial charge in [-0.05, 0) is 54.4 Å². The highest BCUT2D eigenvalue weighted by Gasteiger charge is 2.27. The first-order valence-electron chi connectivity index (χ1n) is 11.2. The van der Waals surface area contributed by atoms with Gasteiger partial charge >= 0.3 is 0 Å². The normalized spacial score (nSPS) is 16.8. The summed E-state index contributed by atoms with van der Waals surface area (Å²) in [7, 11) is 6.34. The summed E-state index contributed by atoms with van der Waals surface area (Å²) in [5.41, 5.74) is 0.437. The highest BCUT2D eigenvalue weighted by molar-refractivity contribution is 8.14. The molecule has 2 heterocycles. The van der Waals surface area contributed by atoms with Gasteiger partial charge in [0.05, 0.1) is 13.3 Å². The fourth-order valence-corrected chi connectivity index (χ4v) is 4.33. The molecule has 1 saturated carbocycles. The van der Waals surface area contributed by atoms with E-state index < -0.39 is 18.0 Å². The van der Waals surface area contributed by atoms with Crippen LogP contribution in [-0.2, 0) is 0 Å². The molecule has 2 aromatic rings. The molecule has 1 atom stereocenters. The highest BCUT2D eigenvalue weighted by Crippen LogP contribution is 2.36. The van der Waals surface area contributed by atoms with E-state index in [0.717, 1.165) is 12.8 Å². The number of nitrogens with zero attached hydrogens (tertiary/aromatic N) is 4. The standard InChI is InChI=1S/C25H25F2N5O3S/c1-31(2)24(34)15-8-9-16(17(11-15)18-12-19(22(26)27)28-13-20(18)35-4)23(33)29-25-30-32(3)21(36-25)10-7-14-5-6-14/h8-9,11-14,21-22H,5-6H2,1-4H3,(H,29,30,33). The molecule has 0 saturated heterocycles. The van der Waals surface area contributed by atoms with Gasteiger partial charge in [0.15, 0.2) is 10.5 Å². The number of alkyl halides is 2. The number of halogens is 2. The Morgan fingerprint density at radius 2 is 1.97 bits per heavy atom. The van der Waals surface area contributed by atoms with E-state index in [0.29, 0.717) is 11.1 Å². The molecule has 0 radical (unpaired) electrons. The van der Waals surface area contributed by atoms with E-state index in [-0.39, 0.29) is 39.3 Å². The summed E-state index contributed by atoms with van der Waals surface area (Å²) in [6, 6.07) is 5.66. The van der Waals surface area contributed by atoms with Crippen molar-refractivity contribution in [2.75, 3.05) is 28.3 Å². The number of carbonyl (C=O) groups is 2.